The average Bonchev–Trinajstić information content (AvgIpc) is 3.17. The van der Waals surface area contributed by atoms with Gasteiger partial charge in [-0.05, 0) is 6.26 Å². The maximum absolute atomic E-state index is 12.8. The van der Waals surface area contributed by atoms with Gasteiger partial charge in [-0.1, -0.05) is 41.7 Å². The minimum absolute atomic E-state index is 0.0824. The molecule has 1 saturated heterocycles. The van der Waals surface area contributed by atoms with Crippen molar-refractivity contribution in [2.75, 3.05) is 37.9 Å². The Morgan fingerprint density at radius 1 is 1.26 bits per heavy atom. The number of aromatic nitrogens is 3. The van der Waals surface area contributed by atoms with Crippen molar-refractivity contribution in [1.29, 1.82) is 0 Å². The molecule has 31 heavy (non-hydrogen) atoms. The number of rotatable bonds is 7. The van der Waals surface area contributed by atoms with Crippen LogP contribution in [0.1, 0.15) is 21.2 Å². The highest BCUT2D eigenvalue weighted by Crippen LogP contribution is 2.32. The molecular formula is C21H23N5O3S2. The van der Waals surface area contributed by atoms with Crippen molar-refractivity contribution in [2.24, 2.45) is 0 Å². The molecule has 1 fully saturated rings. The monoisotopic (exact) mass is 457 g/mol. The number of hydrogen-bond donors (Lipinski definition) is 2. The molecule has 0 aliphatic carbocycles. The molecule has 2 aromatic heterocycles. The van der Waals surface area contributed by atoms with Crippen LogP contribution in [-0.4, -0.2) is 58.3 Å². The number of morpholine rings is 1. The molecule has 3 heterocycles. The van der Waals surface area contributed by atoms with Gasteiger partial charge in [-0.3, -0.25) is 19.8 Å². The third-order valence-electron chi connectivity index (χ3n) is 4.74. The first kappa shape index (κ1) is 21.7. The number of carbonyl (C=O) groups is 1. The molecule has 0 atom stereocenters. The minimum atomic E-state index is -0.445. The van der Waals surface area contributed by atoms with Crippen LogP contribution in [0.5, 0.6) is 0 Å². The van der Waals surface area contributed by atoms with E-state index in [1.165, 1.54) is 29.2 Å². The van der Waals surface area contributed by atoms with Gasteiger partial charge in [-0.25, -0.2) is 9.97 Å². The first-order valence-corrected chi connectivity index (χ1v) is 12.1. The minimum Gasteiger partial charge on any atom is -0.379 e. The molecule has 0 saturated carbocycles. The van der Waals surface area contributed by atoms with Crippen LogP contribution in [0, 0.1) is 0 Å². The number of benzene rings is 1. The normalized spacial score (nSPS) is 14.5. The summed E-state index contributed by atoms with van der Waals surface area (Å²) in [6.45, 7) is 3.90. The lowest BCUT2D eigenvalue weighted by atomic mass is 10.1. The second-order valence-electron chi connectivity index (χ2n) is 7.01. The van der Waals surface area contributed by atoms with Crippen LogP contribution < -0.4 is 10.9 Å². The fourth-order valence-electron chi connectivity index (χ4n) is 3.29. The maximum Gasteiger partial charge on any atom is 0.276 e. The van der Waals surface area contributed by atoms with Crippen LogP contribution in [0.2, 0.25) is 0 Å². The second kappa shape index (κ2) is 10.2. The Kier molecular flexibility index (Phi) is 7.13. The van der Waals surface area contributed by atoms with Gasteiger partial charge in [-0.15, -0.1) is 0 Å². The molecule has 1 aliphatic heterocycles. The Hall–Kier alpha value is -2.53. The van der Waals surface area contributed by atoms with Gasteiger partial charge in [0.1, 0.15) is 11.5 Å². The predicted molar refractivity (Wildman–Crippen MR) is 124 cm³/mol. The number of hydrogen-bond acceptors (Lipinski definition) is 8. The van der Waals surface area contributed by atoms with E-state index < -0.39 is 5.91 Å². The lowest BCUT2D eigenvalue weighted by Crippen LogP contribution is -2.35. The standard InChI is InChI=1S/C21H23N5O3S2/c1-30-13-17-22-15(11-18(27)23-17)20(28)25-21-24-19(14-5-3-2-4-6-14)16(31-21)12-26-7-9-29-10-8-26/h2-6,11H,7-10,12-13H2,1H3,(H,22,23,27)(H,24,25,28). The highest BCUT2D eigenvalue weighted by atomic mass is 32.2. The molecule has 4 rings (SSSR count). The number of thioether (sulfide) groups is 1. The zero-order valence-electron chi connectivity index (χ0n) is 17.1. The average molecular weight is 458 g/mol. The Morgan fingerprint density at radius 2 is 2.03 bits per heavy atom. The summed E-state index contributed by atoms with van der Waals surface area (Å²) in [7, 11) is 0. The fourth-order valence-corrected chi connectivity index (χ4v) is 4.72. The summed E-state index contributed by atoms with van der Waals surface area (Å²) in [6, 6.07) is 11.1. The summed E-state index contributed by atoms with van der Waals surface area (Å²) in [6.07, 6.45) is 1.91. The van der Waals surface area contributed by atoms with Crippen LogP contribution in [0.4, 0.5) is 5.13 Å². The van der Waals surface area contributed by atoms with Crippen LogP contribution in [-0.2, 0) is 17.0 Å². The first-order valence-electron chi connectivity index (χ1n) is 9.88. The number of amides is 1. The summed E-state index contributed by atoms with van der Waals surface area (Å²) >= 11 is 2.97. The number of aromatic amines is 1. The van der Waals surface area contributed by atoms with E-state index >= 15 is 0 Å². The summed E-state index contributed by atoms with van der Waals surface area (Å²) < 4.78 is 5.45. The second-order valence-corrected chi connectivity index (χ2v) is 8.96. The Morgan fingerprint density at radius 3 is 2.77 bits per heavy atom. The molecule has 0 bridgehead atoms. The maximum atomic E-state index is 12.8. The van der Waals surface area contributed by atoms with Gasteiger partial charge >= 0.3 is 0 Å². The summed E-state index contributed by atoms with van der Waals surface area (Å²) in [5, 5.41) is 3.31. The van der Waals surface area contributed by atoms with Gasteiger partial charge in [0.25, 0.3) is 11.5 Å². The number of H-pyrrole nitrogens is 1. The van der Waals surface area contributed by atoms with Crippen LogP contribution >= 0.6 is 23.1 Å². The van der Waals surface area contributed by atoms with E-state index in [2.05, 4.69) is 20.2 Å². The van der Waals surface area contributed by atoms with Gasteiger partial charge in [0.2, 0.25) is 0 Å². The Labute approximate surface area is 188 Å². The third-order valence-corrected chi connectivity index (χ3v) is 6.26. The van der Waals surface area contributed by atoms with Gasteiger partial charge in [0.15, 0.2) is 5.13 Å². The zero-order chi connectivity index (χ0) is 21.6. The van der Waals surface area contributed by atoms with E-state index in [1.54, 1.807) is 0 Å². The van der Waals surface area contributed by atoms with Gasteiger partial charge < -0.3 is 9.72 Å². The van der Waals surface area contributed by atoms with Crippen molar-refractivity contribution < 1.29 is 9.53 Å². The van der Waals surface area contributed by atoms with Gasteiger partial charge in [0, 0.05) is 36.1 Å². The van der Waals surface area contributed by atoms with Crippen molar-refractivity contribution in [3.63, 3.8) is 0 Å². The molecule has 8 nitrogen and oxygen atoms in total. The van der Waals surface area contributed by atoms with E-state index in [4.69, 9.17) is 9.72 Å². The highest BCUT2D eigenvalue weighted by molar-refractivity contribution is 7.97. The molecule has 10 heteroatoms. The molecule has 162 valence electrons. The number of nitrogens with one attached hydrogen (secondary N) is 2. The topological polar surface area (TPSA) is 100 Å². The van der Waals surface area contributed by atoms with E-state index in [0.717, 1.165) is 49.0 Å². The smallest absolute Gasteiger partial charge is 0.276 e. The van der Waals surface area contributed by atoms with Crippen LogP contribution in [0.15, 0.2) is 41.2 Å². The number of carbonyl (C=O) groups excluding carboxylic acids is 1. The molecule has 0 spiro atoms. The summed E-state index contributed by atoms with van der Waals surface area (Å²) in [5.41, 5.74) is 1.59. The number of nitrogens with zero attached hydrogens (tertiary/aromatic N) is 3. The van der Waals surface area contributed by atoms with Crippen molar-refractivity contribution >= 4 is 34.1 Å². The van der Waals surface area contributed by atoms with Crippen LogP contribution in [0.25, 0.3) is 11.3 Å². The quantitative estimate of drug-likeness (QED) is 0.563. The van der Waals surface area contributed by atoms with E-state index in [9.17, 15) is 9.59 Å². The van der Waals surface area contributed by atoms with E-state index in [0.29, 0.717) is 16.7 Å². The largest absolute Gasteiger partial charge is 0.379 e. The third kappa shape index (κ3) is 5.59. The molecule has 3 aromatic rings. The molecule has 0 unspecified atom stereocenters. The zero-order valence-corrected chi connectivity index (χ0v) is 18.7. The van der Waals surface area contributed by atoms with E-state index in [1.807, 2.05) is 36.6 Å². The first-order chi connectivity index (χ1) is 15.1. The lowest BCUT2D eigenvalue weighted by Gasteiger charge is -2.26. The molecule has 0 radical (unpaired) electrons. The lowest BCUT2D eigenvalue weighted by molar-refractivity contribution is 0.0347. The Bertz CT molecular complexity index is 1090. The fraction of sp³-hybridized carbons (Fsp3) is 0.333. The molecular weight excluding hydrogens is 434 g/mol. The van der Waals surface area contributed by atoms with Crippen LogP contribution in [0.3, 0.4) is 0 Å². The SMILES string of the molecule is CSCc1nc(C(=O)Nc2nc(-c3ccccc3)c(CN3CCOCC3)s2)cc(=O)[nH]1. The van der Waals surface area contributed by atoms with Gasteiger partial charge in [-0.2, -0.15) is 11.8 Å². The van der Waals surface area contributed by atoms with E-state index in [-0.39, 0.29) is 11.3 Å². The van der Waals surface area contributed by atoms with Crippen molar-refractivity contribution in [2.45, 2.75) is 12.3 Å². The molecule has 2 N–H and O–H groups in total. The molecule has 1 aliphatic rings. The number of thiazole rings is 1. The summed E-state index contributed by atoms with van der Waals surface area (Å²) in [4.78, 5) is 39.7. The van der Waals surface area contributed by atoms with Crippen molar-refractivity contribution in [3.05, 3.63) is 63.1 Å². The number of ether oxygens (including phenoxy) is 1. The van der Waals surface area contributed by atoms with Gasteiger partial charge in [0.05, 0.1) is 24.7 Å². The summed E-state index contributed by atoms with van der Waals surface area (Å²) in [5.74, 6) is 0.553. The molecule has 1 aromatic carbocycles. The Balaban J connectivity index is 1.59. The van der Waals surface area contributed by atoms with Crippen molar-refractivity contribution in [3.8, 4) is 11.3 Å². The predicted octanol–water partition coefficient (Wildman–Crippen LogP) is 2.84. The molecule has 1 amide bonds. The number of anilines is 1. The van der Waals surface area contributed by atoms with Crippen molar-refractivity contribution in [1.82, 2.24) is 19.9 Å². The highest BCUT2D eigenvalue weighted by Gasteiger charge is 2.20.